The molecule has 0 amide bonds. The molecule has 1 saturated heterocycles. The van der Waals surface area contributed by atoms with E-state index in [1.807, 2.05) is 25.1 Å². The Morgan fingerprint density at radius 1 is 1.30 bits per heavy atom. The van der Waals surface area contributed by atoms with Crippen molar-refractivity contribution in [1.82, 2.24) is 4.90 Å². The molecule has 1 atom stereocenters. The second-order valence-electron chi connectivity index (χ2n) is 5.44. The second kappa shape index (κ2) is 7.50. The smallest absolute Gasteiger partial charge is 0.127 e. The minimum absolute atomic E-state index is 0.0329. The average molecular weight is 278 g/mol. The number of ether oxygens (including phenoxy) is 2. The van der Waals surface area contributed by atoms with Gasteiger partial charge in [0.25, 0.3) is 0 Å². The number of benzene rings is 1. The predicted molar refractivity (Wildman–Crippen MR) is 81.4 cm³/mol. The first kappa shape index (κ1) is 15.1. The first-order valence-corrected chi connectivity index (χ1v) is 7.49. The fraction of sp³-hybridized carbons (Fsp3) is 0.625. The van der Waals surface area contributed by atoms with Crippen molar-refractivity contribution in [3.05, 3.63) is 23.8 Å². The summed E-state index contributed by atoms with van der Waals surface area (Å²) < 4.78 is 11.2. The van der Waals surface area contributed by atoms with Gasteiger partial charge in [0.1, 0.15) is 11.5 Å². The molecular formula is C16H26N2O2. The highest BCUT2D eigenvalue weighted by atomic mass is 16.5. The Morgan fingerprint density at radius 3 is 2.70 bits per heavy atom. The minimum Gasteiger partial charge on any atom is -0.497 e. The molecule has 1 heterocycles. The summed E-state index contributed by atoms with van der Waals surface area (Å²) in [6.07, 6.45) is 3.73. The van der Waals surface area contributed by atoms with Gasteiger partial charge in [0.2, 0.25) is 0 Å². The van der Waals surface area contributed by atoms with Gasteiger partial charge in [-0.1, -0.05) is 6.07 Å². The van der Waals surface area contributed by atoms with Crippen LogP contribution in [0.4, 0.5) is 0 Å². The summed E-state index contributed by atoms with van der Waals surface area (Å²) in [6, 6.07) is 5.80. The standard InChI is InChI=1S/C16H26N2O2/c1-13(17)15-7-6-14(19-2)12-16(15)20-11-5-10-18-8-3-4-9-18/h6-7,12-13H,3-5,8-11,17H2,1-2H3/t13-/m1/s1. The summed E-state index contributed by atoms with van der Waals surface area (Å²) >= 11 is 0. The van der Waals surface area contributed by atoms with Crippen molar-refractivity contribution in [3.8, 4) is 11.5 Å². The topological polar surface area (TPSA) is 47.7 Å². The van der Waals surface area contributed by atoms with Crippen LogP contribution in [0.15, 0.2) is 18.2 Å². The van der Waals surface area contributed by atoms with Crippen LogP contribution >= 0.6 is 0 Å². The van der Waals surface area contributed by atoms with Crippen LogP contribution < -0.4 is 15.2 Å². The van der Waals surface area contributed by atoms with Crippen molar-refractivity contribution in [2.75, 3.05) is 33.4 Å². The lowest BCUT2D eigenvalue weighted by molar-refractivity contribution is 0.260. The largest absolute Gasteiger partial charge is 0.497 e. The van der Waals surface area contributed by atoms with Gasteiger partial charge in [0.05, 0.1) is 13.7 Å². The van der Waals surface area contributed by atoms with Crippen LogP contribution in [0.25, 0.3) is 0 Å². The Bertz CT molecular complexity index is 415. The van der Waals surface area contributed by atoms with E-state index in [2.05, 4.69) is 4.90 Å². The quantitative estimate of drug-likeness (QED) is 0.779. The molecule has 0 spiro atoms. The summed E-state index contributed by atoms with van der Waals surface area (Å²) in [5, 5.41) is 0. The van der Waals surface area contributed by atoms with E-state index in [9.17, 15) is 0 Å². The molecule has 20 heavy (non-hydrogen) atoms. The van der Waals surface area contributed by atoms with Crippen molar-refractivity contribution in [2.45, 2.75) is 32.2 Å². The van der Waals surface area contributed by atoms with Crippen molar-refractivity contribution in [3.63, 3.8) is 0 Å². The van der Waals surface area contributed by atoms with Gasteiger partial charge in [0.15, 0.2) is 0 Å². The fourth-order valence-corrected chi connectivity index (χ4v) is 2.62. The molecule has 0 unspecified atom stereocenters. The van der Waals surface area contributed by atoms with Crippen molar-refractivity contribution < 1.29 is 9.47 Å². The van der Waals surface area contributed by atoms with E-state index in [4.69, 9.17) is 15.2 Å². The first-order valence-electron chi connectivity index (χ1n) is 7.49. The number of hydrogen-bond acceptors (Lipinski definition) is 4. The number of nitrogens with zero attached hydrogens (tertiary/aromatic N) is 1. The molecule has 0 aliphatic carbocycles. The maximum absolute atomic E-state index is 5.98. The van der Waals surface area contributed by atoms with E-state index in [1.54, 1.807) is 7.11 Å². The Balaban J connectivity index is 1.86. The highest BCUT2D eigenvalue weighted by Crippen LogP contribution is 2.28. The molecule has 0 aromatic heterocycles. The van der Waals surface area contributed by atoms with Crippen molar-refractivity contribution in [1.29, 1.82) is 0 Å². The minimum atomic E-state index is -0.0329. The zero-order valence-electron chi connectivity index (χ0n) is 12.6. The summed E-state index contributed by atoms with van der Waals surface area (Å²) in [7, 11) is 1.66. The molecule has 0 saturated carbocycles. The lowest BCUT2D eigenvalue weighted by Crippen LogP contribution is -2.22. The average Bonchev–Trinajstić information content (AvgIpc) is 2.96. The molecule has 112 valence electrons. The molecule has 1 aliphatic heterocycles. The molecule has 1 aliphatic rings. The summed E-state index contributed by atoms with van der Waals surface area (Å²) in [5.41, 5.74) is 7.02. The number of nitrogens with two attached hydrogens (primary N) is 1. The number of rotatable bonds is 7. The first-order chi connectivity index (χ1) is 9.70. The van der Waals surface area contributed by atoms with E-state index in [1.165, 1.54) is 25.9 Å². The Hall–Kier alpha value is -1.26. The zero-order valence-corrected chi connectivity index (χ0v) is 12.6. The third-order valence-electron chi connectivity index (χ3n) is 3.79. The van der Waals surface area contributed by atoms with Crippen molar-refractivity contribution in [2.24, 2.45) is 5.73 Å². The Morgan fingerprint density at radius 2 is 2.05 bits per heavy atom. The Kier molecular flexibility index (Phi) is 5.68. The Labute approximate surface area is 121 Å². The highest BCUT2D eigenvalue weighted by molar-refractivity contribution is 5.42. The normalized spacial score (nSPS) is 17.1. The third-order valence-corrected chi connectivity index (χ3v) is 3.79. The van der Waals surface area contributed by atoms with Gasteiger partial charge in [-0.05, 0) is 45.3 Å². The molecular weight excluding hydrogens is 252 g/mol. The molecule has 0 bridgehead atoms. The lowest BCUT2D eigenvalue weighted by Gasteiger charge is -2.17. The van der Waals surface area contributed by atoms with E-state index < -0.39 is 0 Å². The number of methoxy groups -OCH3 is 1. The van der Waals surface area contributed by atoms with Crippen LogP contribution in [-0.4, -0.2) is 38.3 Å². The van der Waals surface area contributed by atoms with Gasteiger partial charge in [-0.25, -0.2) is 0 Å². The van der Waals surface area contributed by atoms with Crippen LogP contribution in [0, 0.1) is 0 Å². The van der Waals surface area contributed by atoms with E-state index in [-0.39, 0.29) is 6.04 Å². The van der Waals surface area contributed by atoms with Crippen LogP contribution in [-0.2, 0) is 0 Å². The molecule has 4 heteroatoms. The van der Waals surface area contributed by atoms with Crippen LogP contribution in [0.5, 0.6) is 11.5 Å². The molecule has 2 N–H and O–H groups in total. The predicted octanol–water partition coefficient (Wildman–Crippen LogP) is 2.58. The number of hydrogen-bond donors (Lipinski definition) is 1. The molecule has 4 nitrogen and oxygen atoms in total. The molecule has 1 aromatic carbocycles. The van der Waals surface area contributed by atoms with Gasteiger partial charge < -0.3 is 20.1 Å². The molecule has 2 rings (SSSR count). The maximum Gasteiger partial charge on any atom is 0.127 e. The molecule has 1 fully saturated rings. The SMILES string of the molecule is COc1ccc([C@@H](C)N)c(OCCCN2CCCC2)c1. The molecule has 0 radical (unpaired) electrons. The molecule has 1 aromatic rings. The second-order valence-corrected chi connectivity index (χ2v) is 5.44. The summed E-state index contributed by atoms with van der Waals surface area (Å²) in [5.74, 6) is 1.66. The van der Waals surface area contributed by atoms with Gasteiger partial charge in [-0.3, -0.25) is 0 Å². The van der Waals surface area contributed by atoms with Gasteiger partial charge in [-0.15, -0.1) is 0 Å². The lowest BCUT2D eigenvalue weighted by atomic mass is 10.1. The van der Waals surface area contributed by atoms with Gasteiger partial charge >= 0.3 is 0 Å². The highest BCUT2D eigenvalue weighted by Gasteiger charge is 2.12. The van der Waals surface area contributed by atoms with Crippen LogP contribution in [0.3, 0.4) is 0 Å². The maximum atomic E-state index is 5.98. The van der Waals surface area contributed by atoms with Crippen LogP contribution in [0.1, 0.15) is 37.8 Å². The number of likely N-dealkylation sites (tertiary alicyclic amines) is 1. The fourth-order valence-electron chi connectivity index (χ4n) is 2.62. The van der Waals surface area contributed by atoms with Crippen LogP contribution in [0.2, 0.25) is 0 Å². The van der Waals surface area contributed by atoms with E-state index >= 15 is 0 Å². The monoisotopic (exact) mass is 278 g/mol. The van der Waals surface area contributed by atoms with Crippen molar-refractivity contribution >= 4 is 0 Å². The third kappa shape index (κ3) is 4.12. The van der Waals surface area contributed by atoms with E-state index in [0.717, 1.165) is 36.6 Å². The zero-order chi connectivity index (χ0) is 14.4. The van der Waals surface area contributed by atoms with Gasteiger partial charge in [0, 0.05) is 24.2 Å². The van der Waals surface area contributed by atoms with Gasteiger partial charge in [-0.2, -0.15) is 0 Å². The summed E-state index contributed by atoms with van der Waals surface area (Å²) in [6.45, 7) is 6.30. The van der Waals surface area contributed by atoms with E-state index in [0.29, 0.717) is 0 Å². The summed E-state index contributed by atoms with van der Waals surface area (Å²) in [4.78, 5) is 2.50.